The van der Waals surface area contributed by atoms with Crippen molar-refractivity contribution >= 4 is 40.3 Å². The van der Waals surface area contributed by atoms with Crippen molar-refractivity contribution in [2.45, 2.75) is 51.2 Å². The van der Waals surface area contributed by atoms with E-state index in [1.807, 2.05) is 43.3 Å². The lowest BCUT2D eigenvalue weighted by Crippen LogP contribution is -2.67. The van der Waals surface area contributed by atoms with Gasteiger partial charge in [-0.15, -0.1) is 0 Å². The van der Waals surface area contributed by atoms with Crippen molar-refractivity contribution in [3.63, 3.8) is 0 Å². The van der Waals surface area contributed by atoms with Crippen LogP contribution in [0, 0.1) is 18.8 Å². The van der Waals surface area contributed by atoms with E-state index in [4.69, 9.17) is 4.74 Å². The van der Waals surface area contributed by atoms with Gasteiger partial charge in [-0.25, -0.2) is 0 Å². The number of carbonyl (C=O) groups is 3. The molecule has 2 unspecified atom stereocenters. The van der Waals surface area contributed by atoms with Gasteiger partial charge in [0.05, 0.1) is 13.2 Å². The van der Waals surface area contributed by atoms with Crippen molar-refractivity contribution in [1.82, 2.24) is 20.4 Å². The molecule has 0 saturated carbocycles. The van der Waals surface area contributed by atoms with Crippen LogP contribution in [0.4, 0.5) is 0 Å². The van der Waals surface area contributed by atoms with Gasteiger partial charge in [0.1, 0.15) is 18.1 Å². The average Bonchev–Trinajstić information content (AvgIpc) is 3.42. The Kier molecular flexibility index (Phi) is 9.98. The first-order valence-corrected chi connectivity index (χ1v) is 16.3. The van der Waals surface area contributed by atoms with Crippen LogP contribution in [-0.4, -0.2) is 83.4 Å². The highest BCUT2D eigenvalue weighted by Crippen LogP contribution is 2.35. The van der Waals surface area contributed by atoms with E-state index >= 15 is 0 Å². The summed E-state index contributed by atoms with van der Waals surface area (Å²) in [5, 5.41) is 6.22. The summed E-state index contributed by atoms with van der Waals surface area (Å²) in [7, 11) is 0. The molecule has 41 heavy (non-hydrogen) atoms. The van der Waals surface area contributed by atoms with Gasteiger partial charge in [-0.3, -0.25) is 19.3 Å². The van der Waals surface area contributed by atoms with Crippen molar-refractivity contribution in [2.24, 2.45) is 11.8 Å². The van der Waals surface area contributed by atoms with Crippen molar-refractivity contribution in [3.05, 3.63) is 70.8 Å². The molecule has 2 saturated heterocycles. The molecule has 5 rings (SSSR count). The molecule has 2 aromatic rings. The van der Waals surface area contributed by atoms with E-state index in [1.54, 1.807) is 4.90 Å². The predicted molar refractivity (Wildman–Crippen MR) is 167 cm³/mol. The molecule has 3 aliphatic rings. The molecule has 0 spiro atoms. The van der Waals surface area contributed by atoms with Gasteiger partial charge in [0.15, 0.2) is 0 Å². The van der Waals surface area contributed by atoms with Crippen LogP contribution >= 0.6 is 22.6 Å². The molecule has 3 amide bonds. The number of aryl methyl sites for hydroxylation is 1. The summed E-state index contributed by atoms with van der Waals surface area (Å²) >= 11 is 2.32. The number of alkyl halides is 1. The SMILES string of the molecule is Cc1ccc(C(C(=O)NCCN2CCOCC2)N2C(=O)[C@@H](C3Cc4ccccc4C3)NC(=O)[C@H]2CC(C)CI)cc1. The zero-order chi connectivity index (χ0) is 28.9. The molecule has 2 aromatic carbocycles. The predicted octanol–water partition coefficient (Wildman–Crippen LogP) is 3.06. The first kappa shape index (κ1) is 30.0. The van der Waals surface area contributed by atoms with Crippen LogP contribution in [0.15, 0.2) is 48.5 Å². The lowest BCUT2D eigenvalue weighted by molar-refractivity contribution is -0.157. The molecule has 4 atom stereocenters. The Morgan fingerprint density at radius 2 is 1.73 bits per heavy atom. The molecule has 0 radical (unpaired) electrons. The van der Waals surface area contributed by atoms with Crippen LogP contribution < -0.4 is 10.6 Å². The van der Waals surface area contributed by atoms with E-state index in [9.17, 15) is 14.4 Å². The molecule has 1 aliphatic carbocycles. The molecular formula is C32H41IN4O4. The third-order valence-corrected chi connectivity index (χ3v) is 10.2. The number of halogens is 1. The lowest BCUT2D eigenvalue weighted by atomic mass is 9.88. The van der Waals surface area contributed by atoms with Crippen molar-refractivity contribution in [3.8, 4) is 0 Å². The number of nitrogens with one attached hydrogen (secondary N) is 2. The summed E-state index contributed by atoms with van der Waals surface area (Å²) in [5.74, 6) is -0.414. The molecule has 0 aromatic heterocycles. The molecular weight excluding hydrogens is 631 g/mol. The van der Waals surface area contributed by atoms with Gasteiger partial charge < -0.3 is 20.3 Å². The molecule has 2 heterocycles. The number of piperazine rings is 1. The van der Waals surface area contributed by atoms with Gasteiger partial charge in [-0.2, -0.15) is 0 Å². The minimum absolute atomic E-state index is 0.0441. The van der Waals surface area contributed by atoms with Crippen LogP contribution in [-0.2, 0) is 32.0 Å². The highest BCUT2D eigenvalue weighted by atomic mass is 127. The molecule has 8 nitrogen and oxygen atoms in total. The van der Waals surface area contributed by atoms with Crippen LogP contribution in [0.2, 0.25) is 0 Å². The minimum atomic E-state index is -0.892. The minimum Gasteiger partial charge on any atom is -0.379 e. The second-order valence-electron chi connectivity index (χ2n) is 11.7. The Hall–Kier alpha value is -2.50. The highest BCUT2D eigenvalue weighted by molar-refractivity contribution is 14.1. The lowest BCUT2D eigenvalue weighted by Gasteiger charge is -2.45. The second kappa shape index (κ2) is 13.6. The summed E-state index contributed by atoms with van der Waals surface area (Å²) in [5.41, 5.74) is 4.24. The van der Waals surface area contributed by atoms with E-state index in [1.165, 1.54) is 11.1 Å². The van der Waals surface area contributed by atoms with Gasteiger partial charge in [0.25, 0.3) is 0 Å². The summed E-state index contributed by atoms with van der Waals surface area (Å²) in [6, 6.07) is 13.7. The first-order valence-electron chi connectivity index (χ1n) is 14.8. The molecule has 220 valence electrons. The molecule has 2 aliphatic heterocycles. The third-order valence-electron chi connectivity index (χ3n) is 8.65. The van der Waals surface area contributed by atoms with E-state index < -0.39 is 18.1 Å². The maximum atomic E-state index is 14.5. The van der Waals surface area contributed by atoms with Gasteiger partial charge in [0, 0.05) is 30.6 Å². The fraction of sp³-hybridized carbons (Fsp3) is 0.531. The third kappa shape index (κ3) is 6.94. The zero-order valence-electron chi connectivity index (χ0n) is 24.0. The van der Waals surface area contributed by atoms with Crippen molar-refractivity contribution in [1.29, 1.82) is 0 Å². The molecule has 9 heteroatoms. The second-order valence-corrected chi connectivity index (χ2v) is 12.6. The number of ether oxygens (including phenoxy) is 1. The van der Waals surface area contributed by atoms with Gasteiger partial charge in [-0.1, -0.05) is 83.6 Å². The standard InChI is InChI=1S/C32H41IN4O4/c1-21-7-9-23(10-8-21)29(31(39)34-11-12-36-13-15-41-16-14-36)37-27(17-22(2)20-33)30(38)35-28(32(37)40)26-18-24-5-3-4-6-25(24)19-26/h3-10,22,26-29H,11-20H2,1-2H3,(H,34,39)(H,35,38)/t22?,27-,28-,29?/m1/s1. The number of carbonyl (C=O) groups excluding carboxylic acids is 3. The summed E-state index contributed by atoms with van der Waals surface area (Å²) in [6.07, 6.45) is 1.97. The monoisotopic (exact) mass is 672 g/mol. The summed E-state index contributed by atoms with van der Waals surface area (Å²) in [4.78, 5) is 46.3. The Morgan fingerprint density at radius 3 is 2.37 bits per heavy atom. The Labute approximate surface area is 256 Å². The number of rotatable bonds is 10. The van der Waals surface area contributed by atoms with E-state index in [2.05, 4.69) is 57.2 Å². The molecule has 0 bridgehead atoms. The number of nitrogens with zero attached hydrogens (tertiary/aromatic N) is 2. The van der Waals surface area contributed by atoms with Gasteiger partial charge in [-0.05, 0) is 54.7 Å². The number of hydrogen-bond donors (Lipinski definition) is 2. The number of hydrogen-bond acceptors (Lipinski definition) is 5. The number of amides is 3. The van der Waals surface area contributed by atoms with Crippen molar-refractivity contribution < 1.29 is 19.1 Å². The largest absolute Gasteiger partial charge is 0.379 e. The van der Waals surface area contributed by atoms with Crippen LogP contribution in [0.25, 0.3) is 0 Å². The summed E-state index contributed by atoms with van der Waals surface area (Å²) in [6.45, 7) is 8.33. The fourth-order valence-corrected chi connectivity index (χ4v) is 6.68. The molecule has 2 N–H and O–H groups in total. The smallest absolute Gasteiger partial charge is 0.247 e. The summed E-state index contributed by atoms with van der Waals surface area (Å²) < 4.78 is 6.30. The van der Waals surface area contributed by atoms with Gasteiger partial charge in [0.2, 0.25) is 17.7 Å². The Bertz CT molecular complexity index is 1210. The number of fused-ring (bicyclic) bond motifs is 1. The fourth-order valence-electron chi connectivity index (χ4n) is 6.32. The van der Waals surface area contributed by atoms with Crippen LogP contribution in [0.5, 0.6) is 0 Å². The van der Waals surface area contributed by atoms with E-state index in [0.29, 0.717) is 32.7 Å². The first-order chi connectivity index (χ1) is 19.9. The molecule has 2 fully saturated rings. The average molecular weight is 673 g/mol. The van der Waals surface area contributed by atoms with Crippen LogP contribution in [0.3, 0.4) is 0 Å². The number of morpholine rings is 1. The quantitative estimate of drug-likeness (QED) is 0.300. The maximum absolute atomic E-state index is 14.5. The Balaban J connectivity index is 1.45. The zero-order valence-corrected chi connectivity index (χ0v) is 26.1. The highest BCUT2D eigenvalue weighted by Gasteiger charge is 2.49. The van der Waals surface area contributed by atoms with E-state index in [-0.39, 0.29) is 29.6 Å². The van der Waals surface area contributed by atoms with Crippen LogP contribution in [0.1, 0.15) is 41.6 Å². The van der Waals surface area contributed by atoms with E-state index in [0.717, 1.165) is 41.5 Å². The number of benzene rings is 2. The Morgan fingerprint density at radius 1 is 1.07 bits per heavy atom. The maximum Gasteiger partial charge on any atom is 0.247 e. The normalized spacial score (nSPS) is 23.1. The van der Waals surface area contributed by atoms with Crippen molar-refractivity contribution in [2.75, 3.05) is 43.8 Å². The van der Waals surface area contributed by atoms with Gasteiger partial charge >= 0.3 is 0 Å². The topological polar surface area (TPSA) is 91.0 Å².